The number of rotatable bonds is 7. The molecule has 1 unspecified atom stereocenters. The number of nitrogens with one attached hydrogen (secondary N) is 1. The van der Waals surface area contributed by atoms with Gasteiger partial charge in [0.25, 0.3) is 10.2 Å². The summed E-state index contributed by atoms with van der Waals surface area (Å²) in [5, 5.41) is 0. The molecule has 8 heteroatoms. The number of aryl methyl sites for hydroxylation is 1. The number of hydrogen-bond donors (Lipinski definition) is 1. The van der Waals surface area contributed by atoms with Gasteiger partial charge in [0.1, 0.15) is 0 Å². The number of nitrogens with zero attached hydrogens (tertiary/aromatic N) is 4. The zero-order chi connectivity index (χ0) is 22.7. The van der Waals surface area contributed by atoms with Crippen LogP contribution in [0.4, 0.5) is 5.69 Å². The molecule has 3 heterocycles. The largest absolute Gasteiger partial charge is 0.361 e. The first-order chi connectivity index (χ1) is 16.1. The van der Waals surface area contributed by atoms with Gasteiger partial charge >= 0.3 is 0 Å². The van der Waals surface area contributed by atoms with E-state index < -0.39 is 10.2 Å². The Kier molecular flexibility index (Phi) is 6.48. The molecule has 0 bridgehead atoms. The number of benzene rings is 2. The van der Waals surface area contributed by atoms with Gasteiger partial charge in [-0.25, -0.2) is 4.98 Å². The van der Waals surface area contributed by atoms with Crippen molar-refractivity contribution in [1.29, 1.82) is 0 Å². The Morgan fingerprint density at radius 1 is 0.970 bits per heavy atom. The monoisotopic (exact) mass is 465 g/mol. The quantitative estimate of drug-likeness (QED) is 0.579. The molecule has 1 atom stereocenters. The van der Waals surface area contributed by atoms with Crippen LogP contribution in [0, 0.1) is 0 Å². The summed E-state index contributed by atoms with van der Waals surface area (Å²) < 4.78 is 30.6. The van der Waals surface area contributed by atoms with Gasteiger partial charge in [-0.05, 0) is 42.9 Å². The van der Waals surface area contributed by atoms with E-state index in [1.54, 1.807) is 14.9 Å². The number of imidazole rings is 1. The number of hydrogen-bond acceptors (Lipinski definition) is 4. The number of aromatic nitrogens is 2. The first-order valence-electron chi connectivity index (χ1n) is 11.7. The fraction of sp³-hybridized carbons (Fsp3) is 0.400. The van der Waals surface area contributed by atoms with E-state index in [1.165, 1.54) is 5.56 Å². The van der Waals surface area contributed by atoms with Crippen LogP contribution < -0.4 is 4.90 Å². The smallest absolute Gasteiger partial charge is 0.282 e. The molecule has 1 aromatic heterocycles. The second-order valence-corrected chi connectivity index (χ2v) is 10.8. The van der Waals surface area contributed by atoms with Gasteiger partial charge in [0, 0.05) is 44.1 Å². The van der Waals surface area contributed by atoms with Crippen molar-refractivity contribution < 1.29 is 8.42 Å². The third kappa shape index (κ3) is 4.83. The normalized spacial score (nSPS) is 20.0. The molecule has 2 aliphatic heterocycles. The van der Waals surface area contributed by atoms with Crippen LogP contribution in [-0.4, -0.2) is 52.7 Å². The number of aromatic amines is 1. The van der Waals surface area contributed by atoms with E-state index >= 15 is 0 Å². The summed E-state index contributed by atoms with van der Waals surface area (Å²) in [6.07, 6.45) is 7.17. The van der Waals surface area contributed by atoms with Crippen molar-refractivity contribution in [1.82, 2.24) is 18.6 Å². The SMILES string of the molecule is O=S(=O)(N1CCCC1)N1Cc2ccccc2N(Cc2cnc[nH]2)C(CCc2ccccc2)C1. The van der Waals surface area contributed by atoms with Crippen molar-refractivity contribution in [2.45, 2.75) is 44.8 Å². The molecule has 1 N–H and O–H groups in total. The van der Waals surface area contributed by atoms with Crippen LogP contribution in [0.5, 0.6) is 0 Å². The molecule has 0 amide bonds. The van der Waals surface area contributed by atoms with Crippen molar-refractivity contribution >= 4 is 15.9 Å². The number of anilines is 1. The van der Waals surface area contributed by atoms with E-state index in [-0.39, 0.29) is 6.04 Å². The summed E-state index contributed by atoms with van der Waals surface area (Å²) in [6.45, 7) is 2.76. The van der Waals surface area contributed by atoms with E-state index in [4.69, 9.17) is 0 Å². The minimum Gasteiger partial charge on any atom is -0.361 e. The Bertz CT molecular complexity index is 1140. The highest BCUT2D eigenvalue weighted by Crippen LogP contribution is 2.33. The van der Waals surface area contributed by atoms with Crippen LogP contribution in [0.3, 0.4) is 0 Å². The van der Waals surface area contributed by atoms with Crippen molar-refractivity contribution in [3.05, 3.63) is 83.9 Å². The van der Waals surface area contributed by atoms with Gasteiger partial charge in [-0.15, -0.1) is 0 Å². The average molecular weight is 466 g/mol. The number of para-hydroxylation sites is 1. The van der Waals surface area contributed by atoms with Crippen molar-refractivity contribution in [3.8, 4) is 0 Å². The zero-order valence-corrected chi connectivity index (χ0v) is 19.6. The van der Waals surface area contributed by atoms with Gasteiger partial charge in [0.2, 0.25) is 0 Å². The Morgan fingerprint density at radius 3 is 2.48 bits per heavy atom. The lowest BCUT2D eigenvalue weighted by Crippen LogP contribution is -2.47. The second kappa shape index (κ2) is 9.67. The molecule has 0 spiro atoms. The third-order valence-corrected chi connectivity index (χ3v) is 8.67. The highest BCUT2D eigenvalue weighted by atomic mass is 32.2. The van der Waals surface area contributed by atoms with Gasteiger partial charge in [-0.3, -0.25) is 0 Å². The molecule has 3 aromatic rings. The Hall–Kier alpha value is -2.68. The van der Waals surface area contributed by atoms with E-state index in [9.17, 15) is 8.42 Å². The summed E-state index contributed by atoms with van der Waals surface area (Å²) in [5.74, 6) is 0. The maximum Gasteiger partial charge on any atom is 0.282 e. The predicted octanol–water partition coefficient (Wildman–Crippen LogP) is 3.57. The number of H-pyrrole nitrogens is 1. The lowest BCUT2D eigenvalue weighted by atomic mass is 10.0. The molecule has 2 aliphatic rings. The summed E-state index contributed by atoms with van der Waals surface area (Å²) in [5.41, 5.74) is 4.43. The highest BCUT2D eigenvalue weighted by Gasteiger charge is 2.37. The highest BCUT2D eigenvalue weighted by molar-refractivity contribution is 7.86. The molecule has 0 radical (unpaired) electrons. The van der Waals surface area contributed by atoms with Gasteiger partial charge in [-0.1, -0.05) is 48.5 Å². The second-order valence-electron chi connectivity index (χ2n) is 8.92. The first-order valence-corrected chi connectivity index (χ1v) is 13.1. The maximum absolute atomic E-state index is 13.6. The molecular weight excluding hydrogens is 434 g/mol. The fourth-order valence-corrected chi connectivity index (χ4v) is 6.67. The van der Waals surface area contributed by atoms with E-state index in [0.29, 0.717) is 32.7 Å². The zero-order valence-electron chi connectivity index (χ0n) is 18.8. The van der Waals surface area contributed by atoms with Gasteiger partial charge in [-0.2, -0.15) is 17.0 Å². The van der Waals surface area contributed by atoms with Gasteiger partial charge in [0.05, 0.1) is 18.6 Å². The van der Waals surface area contributed by atoms with Crippen LogP contribution in [0.25, 0.3) is 0 Å². The molecule has 33 heavy (non-hydrogen) atoms. The standard InChI is InChI=1S/C25H31N5O2S/c31-33(32,28-14-6-7-15-28)29-17-22-10-4-5-11-25(22)30(18-23-16-26-20-27-23)24(19-29)13-12-21-8-2-1-3-9-21/h1-5,8-11,16,20,24H,6-7,12-15,17-19H2,(H,26,27). The molecule has 1 saturated heterocycles. The maximum atomic E-state index is 13.6. The fourth-order valence-electron chi connectivity index (χ4n) is 4.96. The number of fused-ring (bicyclic) bond motifs is 1. The van der Waals surface area contributed by atoms with Crippen molar-refractivity contribution in [2.75, 3.05) is 24.5 Å². The molecule has 174 valence electrons. The van der Waals surface area contributed by atoms with Crippen LogP contribution >= 0.6 is 0 Å². The molecule has 0 aliphatic carbocycles. The van der Waals surface area contributed by atoms with Crippen LogP contribution in [0.2, 0.25) is 0 Å². The Balaban J connectivity index is 1.50. The summed E-state index contributed by atoms with van der Waals surface area (Å²) in [6, 6.07) is 18.7. The van der Waals surface area contributed by atoms with E-state index in [2.05, 4.69) is 51.3 Å². The summed E-state index contributed by atoms with van der Waals surface area (Å²) in [7, 11) is -3.51. The van der Waals surface area contributed by atoms with Crippen molar-refractivity contribution in [3.63, 3.8) is 0 Å². The molecule has 5 rings (SSSR count). The van der Waals surface area contributed by atoms with Crippen LogP contribution in [-0.2, 0) is 29.7 Å². The third-order valence-electron chi connectivity index (χ3n) is 6.73. The molecule has 2 aromatic carbocycles. The molecular formula is C25H31N5O2S. The van der Waals surface area contributed by atoms with Crippen LogP contribution in [0.15, 0.2) is 67.1 Å². The lowest BCUT2D eigenvalue weighted by molar-refractivity contribution is 0.334. The summed E-state index contributed by atoms with van der Waals surface area (Å²) >= 11 is 0. The predicted molar refractivity (Wildman–Crippen MR) is 130 cm³/mol. The minimum absolute atomic E-state index is 0.0366. The Labute approximate surface area is 196 Å². The minimum atomic E-state index is -3.51. The average Bonchev–Trinajstić information content (AvgIpc) is 3.53. The van der Waals surface area contributed by atoms with Gasteiger partial charge in [0.15, 0.2) is 0 Å². The van der Waals surface area contributed by atoms with Gasteiger partial charge < -0.3 is 9.88 Å². The summed E-state index contributed by atoms with van der Waals surface area (Å²) in [4.78, 5) is 9.79. The van der Waals surface area contributed by atoms with Crippen molar-refractivity contribution in [2.24, 2.45) is 0 Å². The first kappa shape index (κ1) is 22.1. The van der Waals surface area contributed by atoms with E-state index in [0.717, 1.165) is 42.6 Å². The van der Waals surface area contributed by atoms with E-state index in [1.807, 2.05) is 24.4 Å². The topological polar surface area (TPSA) is 72.5 Å². The van der Waals surface area contributed by atoms with Crippen LogP contribution in [0.1, 0.15) is 36.1 Å². The Morgan fingerprint density at radius 2 is 1.73 bits per heavy atom. The molecule has 0 saturated carbocycles. The molecule has 1 fully saturated rings. The molecule has 7 nitrogen and oxygen atoms in total. The lowest BCUT2D eigenvalue weighted by Gasteiger charge is -2.34.